The fraction of sp³-hybridized carbons (Fsp3) is 0.800. The molecule has 0 radical (unpaired) electrons. The standard InChI is InChI=1S/C30H40FNO3/c1-17-19-7-8-27(5)20(26(19,4)14-18(16-32)23(17)33)13-22(31)30-21-15-25(2,3)9-11-29(21,24(34)35-30)12-10-28(27,30)6/h13,17,19,21-22,33H,7-12,14-15H2,1-6H3/t17-,19-,21?,22?,26-,27+,28-,29-,30+/m0/s1. The SMILES string of the molecule is C[C@@H]1C(O)=C(C#N)C[C@]2(C)C3=CC(F)[C@]45OC(=O)[C@@]6(CCC(C)(C)CC64)CC[C@@]5(C)[C@]3(C)CC[C@@H]12. The second kappa shape index (κ2) is 6.53. The molecule has 2 bridgehead atoms. The van der Waals surface area contributed by atoms with Gasteiger partial charge in [0.1, 0.15) is 5.76 Å². The summed E-state index contributed by atoms with van der Waals surface area (Å²) in [6, 6.07) is 2.24. The highest BCUT2D eigenvalue weighted by Gasteiger charge is 2.82. The van der Waals surface area contributed by atoms with Gasteiger partial charge in [-0.2, -0.15) is 5.26 Å². The van der Waals surface area contributed by atoms with Crippen LogP contribution in [0.3, 0.4) is 0 Å². The number of fused-ring (bicyclic) bond motifs is 4. The van der Waals surface area contributed by atoms with E-state index in [0.717, 1.165) is 50.5 Å². The molecule has 0 amide bonds. The quantitative estimate of drug-likeness (QED) is 0.300. The number of aliphatic hydroxyl groups is 1. The van der Waals surface area contributed by atoms with Crippen molar-refractivity contribution in [3.8, 4) is 6.07 Å². The van der Waals surface area contributed by atoms with Crippen molar-refractivity contribution in [2.75, 3.05) is 0 Å². The molecular formula is C30H40FNO3. The predicted molar refractivity (Wildman–Crippen MR) is 131 cm³/mol. The maximum Gasteiger partial charge on any atom is 0.313 e. The van der Waals surface area contributed by atoms with Crippen molar-refractivity contribution in [2.45, 2.75) is 105 Å². The number of nitriles is 1. The van der Waals surface area contributed by atoms with Crippen LogP contribution in [0.15, 0.2) is 23.0 Å². The van der Waals surface area contributed by atoms with Crippen LogP contribution in [0.25, 0.3) is 0 Å². The minimum Gasteiger partial charge on any atom is -0.511 e. The molecule has 1 saturated heterocycles. The van der Waals surface area contributed by atoms with E-state index in [9.17, 15) is 15.2 Å². The highest BCUT2D eigenvalue weighted by molar-refractivity contribution is 5.82. The molecule has 1 N–H and O–H groups in total. The Morgan fingerprint density at radius 1 is 1.11 bits per heavy atom. The summed E-state index contributed by atoms with van der Waals surface area (Å²) < 4.78 is 23.4. The third kappa shape index (κ3) is 2.37. The van der Waals surface area contributed by atoms with Gasteiger partial charge in [-0.1, -0.05) is 47.1 Å². The number of alkyl halides is 1. The molecule has 4 nitrogen and oxygen atoms in total. The van der Waals surface area contributed by atoms with Crippen molar-refractivity contribution < 1.29 is 19.0 Å². The molecule has 2 unspecified atom stereocenters. The Morgan fingerprint density at radius 3 is 2.49 bits per heavy atom. The van der Waals surface area contributed by atoms with Crippen LogP contribution in [0.1, 0.15) is 92.9 Å². The van der Waals surface area contributed by atoms with Crippen LogP contribution in [0.4, 0.5) is 4.39 Å². The number of nitrogens with zero attached hydrogens (tertiary/aromatic N) is 1. The molecule has 35 heavy (non-hydrogen) atoms. The number of hydrogen-bond acceptors (Lipinski definition) is 4. The van der Waals surface area contributed by atoms with E-state index < -0.39 is 28.0 Å². The van der Waals surface area contributed by atoms with Gasteiger partial charge in [-0.05, 0) is 79.6 Å². The van der Waals surface area contributed by atoms with Gasteiger partial charge in [-0.25, -0.2) is 4.39 Å². The van der Waals surface area contributed by atoms with Crippen molar-refractivity contribution >= 4 is 5.97 Å². The van der Waals surface area contributed by atoms with E-state index in [1.165, 1.54) is 0 Å². The molecule has 6 rings (SSSR count). The fourth-order valence-corrected chi connectivity index (χ4v) is 10.5. The molecule has 190 valence electrons. The van der Waals surface area contributed by atoms with Crippen LogP contribution in [0.5, 0.6) is 0 Å². The Bertz CT molecular complexity index is 1130. The van der Waals surface area contributed by atoms with E-state index in [4.69, 9.17) is 4.74 Å². The first kappa shape index (κ1) is 23.6. The van der Waals surface area contributed by atoms with E-state index in [-0.39, 0.29) is 40.3 Å². The van der Waals surface area contributed by atoms with Gasteiger partial charge >= 0.3 is 5.97 Å². The molecule has 0 aromatic carbocycles. The second-order valence-electron chi connectivity index (χ2n) is 14.4. The van der Waals surface area contributed by atoms with Crippen LogP contribution in [0, 0.1) is 56.2 Å². The summed E-state index contributed by atoms with van der Waals surface area (Å²) in [7, 11) is 0. The van der Waals surface area contributed by atoms with Crippen LogP contribution in [0.2, 0.25) is 0 Å². The lowest BCUT2D eigenvalue weighted by Gasteiger charge is -2.70. The van der Waals surface area contributed by atoms with Gasteiger partial charge in [-0.15, -0.1) is 0 Å². The van der Waals surface area contributed by atoms with Gasteiger partial charge in [-0.3, -0.25) is 4.79 Å². The first-order chi connectivity index (χ1) is 16.2. The van der Waals surface area contributed by atoms with Crippen molar-refractivity contribution in [1.29, 1.82) is 5.26 Å². The third-order valence-corrected chi connectivity index (χ3v) is 12.7. The first-order valence-corrected chi connectivity index (χ1v) is 13.6. The zero-order valence-corrected chi connectivity index (χ0v) is 22.1. The minimum absolute atomic E-state index is 0.0600. The molecular weight excluding hydrogens is 441 g/mol. The van der Waals surface area contributed by atoms with Crippen LogP contribution in [-0.4, -0.2) is 22.8 Å². The van der Waals surface area contributed by atoms with Gasteiger partial charge < -0.3 is 9.84 Å². The number of hydrogen-bond donors (Lipinski definition) is 1. The van der Waals surface area contributed by atoms with Crippen molar-refractivity contribution in [3.63, 3.8) is 0 Å². The Balaban J connectivity index is 1.56. The maximum absolute atomic E-state index is 17.0. The molecule has 4 fully saturated rings. The van der Waals surface area contributed by atoms with Crippen molar-refractivity contribution in [1.82, 2.24) is 0 Å². The van der Waals surface area contributed by atoms with Crippen molar-refractivity contribution in [3.05, 3.63) is 23.0 Å². The lowest BCUT2D eigenvalue weighted by molar-refractivity contribution is -0.231. The summed E-state index contributed by atoms with van der Waals surface area (Å²) in [5.74, 6) is -0.0185. The highest BCUT2D eigenvalue weighted by Crippen LogP contribution is 2.79. The van der Waals surface area contributed by atoms with E-state index >= 15 is 4.39 Å². The molecule has 0 aromatic rings. The number of halogens is 1. The topological polar surface area (TPSA) is 70.3 Å². The van der Waals surface area contributed by atoms with Gasteiger partial charge in [0.15, 0.2) is 11.8 Å². The smallest absolute Gasteiger partial charge is 0.313 e. The Hall–Kier alpha value is -1.83. The van der Waals surface area contributed by atoms with E-state index in [2.05, 4.69) is 40.7 Å². The molecule has 0 aromatic heterocycles. The second-order valence-corrected chi connectivity index (χ2v) is 14.4. The molecule has 1 heterocycles. The van der Waals surface area contributed by atoms with Gasteiger partial charge in [0, 0.05) is 17.3 Å². The fourth-order valence-electron chi connectivity index (χ4n) is 10.5. The average Bonchev–Trinajstić information content (AvgIpc) is 2.98. The lowest BCUT2D eigenvalue weighted by atomic mass is 9.34. The zero-order chi connectivity index (χ0) is 25.4. The largest absolute Gasteiger partial charge is 0.511 e. The van der Waals surface area contributed by atoms with Gasteiger partial charge in [0.25, 0.3) is 0 Å². The van der Waals surface area contributed by atoms with Gasteiger partial charge in [0.05, 0.1) is 17.1 Å². The molecule has 6 aliphatic rings. The normalized spacial score (nSPS) is 53.9. The number of ether oxygens (including phenoxy) is 1. The van der Waals surface area contributed by atoms with E-state index in [0.29, 0.717) is 12.0 Å². The summed E-state index contributed by atoms with van der Waals surface area (Å²) in [6.45, 7) is 13.2. The minimum atomic E-state index is -1.36. The van der Waals surface area contributed by atoms with E-state index in [1.54, 1.807) is 0 Å². The zero-order valence-electron chi connectivity index (χ0n) is 22.1. The predicted octanol–water partition coefficient (Wildman–Crippen LogP) is 6.97. The highest BCUT2D eigenvalue weighted by atomic mass is 19.1. The maximum atomic E-state index is 17.0. The molecule has 9 atom stereocenters. The van der Waals surface area contributed by atoms with Crippen LogP contribution in [-0.2, 0) is 9.53 Å². The van der Waals surface area contributed by atoms with Crippen LogP contribution >= 0.6 is 0 Å². The number of carbonyl (C=O) groups excluding carboxylic acids is 1. The monoisotopic (exact) mass is 481 g/mol. The summed E-state index contributed by atoms with van der Waals surface area (Å²) in [4.78, 5) is 13.6. The molecule has 5 aliphatic carbocycles. The Labute approximate surface area is 209 Å². The molecule has 1 spiro atoms. The lowest BCUT2D eigenvalue weighted by Crippen LogP contribution is -2.71. The summed E-state index contributed by atoms with van der Waals surface area (Å²) in [6.07, 6.45) is 6.86. The Morgan fingerprint density at radius 2 is 1.80 bits per heavy atom. The summed E-state index contributed by atoms with van der Waals surface area (Å²) in [5, 5.41) is 20.5. The number of allylic oxidation sites excluding steroid dienone is 3. The van der Waals surface area contributed by atoms with Crippen molar-refractivity contribution in [2.24, 2.45) is 44.8 Å². The first-order valence-electron chi connectivity index (χ1n) is 13.6. The molecule has 3 saturated carbocycles. The van der Waals surface area contributed by atoms with Gasteiger partial charge in [0.2, 0.25) is 0 Å². The van der Waals surface area contributed by atoms with E-state index in [1.807, 2.05) is 13.0 Å². The summed E-state index contributed by atoms with van der Waals surface area (Å²) >= 11 is 0. The number of esters is 1. The third-order valence-electron chi connectivity index (χ3n) is 12.7. The van der Waals surface area contributed by atoms with Crippen LogP contribution < -0.4 is 0 Å². The average molecular weight is 482 g/mol. The number of aliphatic hydroxyl groups excluding tert-OH is 1. The number of rotatable bonds is 0. The molecule has 5 heteroatoms. The number of carbonyl (C=O) groups is 1. The summed E-state index contributed by atoms with van der Waals surface area (Å²) in [5.41, 5.74) is -1.34. The molecule has 1 aliphatic heterocycles. The Kier molecular flexibility index (Phi) is 4.40.